The van der Waals surface area contributed by atoms with Crippen molar-refractivity contribution < 1.29 is 19.7 Å². The van der Waals surface area contributed by atoms with Gasteiger partial charge < -0.3 is 25.0 Å². The number of hydrogen-bond acceptors (Lipinski definition) is 5. The Morgan fingerprint density at radius 2 is 1.94 bits per heavy atom. The summed E-state index contributed by atoms with van der Waals surface area (Å²) in [5.74, 6) is 1.22. The fourth-order valence-electron chi connectivity index (χ4n) is 1.50. The lowest BCUT2D eigenvalue weighted by molar-refractivity contribution is 0.170. The Morgan fingerprint density at radius 1 is 1.24 bits per heavy atom. The van der Waals surface area contributed by atoms with Gasteiger partial charge in [-0.3, -0.25) is 0 Å². The van der Waals surface area contributed by atoms with Gasteiger partial charge >= 0.3 is 0 Å². The van der Waals surface area contributed by atoms with Crippen LogP contribution in [0.5, 0.6) is 11.5 Å². The van der Waals surface area contributed by atoms with Crippen molar-refractivity contribution >= 4 is 0 Å². The van der Waals surface area contributed by atoms with E-state index in [-0.39, 0.29) is 6.61 Å². The molecule has 1 rings (SSSR count). The van der Waals surface area contributed by atoms with Crippen LogP contribution in [0.3, 0.4) is 0 Å². The van der Waals surface area contributed by atoms with Crippen LogP contribution in [-0.2, 0) is 0 Å². The lowest BCUT2D eigenvalue weighted by Crippen LogP contribution is -2.24. The average molecular weight is 241 g/mol. The zero-order valence-electron chi connectivity index (χ0n) is 10.1. The number of ether oxygens (including phenoxy) is 2. The highest BCUT2D eigenvalue weighted by atomic mass is 16.5. The molecule has 0 aromatic heterocycles. The van der Waals surface area contributed by atoms with Crippen LogP contribution < -0.4 is 14.8 Å². The maximum atomic E-state index is 9.89. The second-order valence-electron chi connectivity index (χ2n) is 3.56. The topological polar surface area (TPSA) is 71.0 Å². The maximum Gasteiger partial charge on any atom is 0.161 e. The molecule has 5 heteroatoms. The first-order valence-corrected chi connectivity index (χ1v) is 5.44. The van der Waals surface area contributed by atoms with Gasteiger partial charge in [-0.1, -0.05) is 6.07 Å². The van der Waals surface area contributed by atoms with Gasteiger partial charge in [-0.15, -0.1) is 0 Å². The zero-order chi connectivity index (χ0) is 12.7. The number of rotatable bonds is 7. The summed E-state index contributed by atoms with van der Waals surface area (Å²) in [5, 5.41) is 21.4. The van der Waals surface area contributed by atoms with E-state index in [1.807, 2.05) is 0 Å². The molecule has 0 aliphatic carbocycles. The van der Waals surface area contributed by atoms with Crippen molar-refractivity contribution in [3.05, 3.63) is 23.8 Å². The Morgan fingerprint density at radius 3 is 2.53 bits per heavy atom. The van der Waals surface area contributed by atoms with E-state index in [1.165, 1.54) is 0 Å². The minimum atomic E-state index is -0.638. The molecule has 17 heavy (non-hydrogen) atoms. The normalized spacial score (nSPS) is 12.2. The molecule has 0 spiro atoms. The summed E-state index contributed by atoms with van der Waals surface area (Å²) in [6, 6.07) is 5.28. The molecule has 5 nitrogen and oxygen atoms in total. The fourth-order valence-corrected chi connectivity index (χ4v) is 1.50. The van der Waals surface area contributed by atoms with E-state index in [2.05, 4.69) is 5.32 Å². The fraction of sp³-hybridized carbons (Fsp3) is 0.500. The van der Waals surface area contributed by atoms with E-state index in [1.54, 1.807) is 32.4 Å². The minimum Gasteiger partial charge on any atom is -0.493 e. The Hall–Kier alpha value is -1.30. The lowest BCUT2D eigenvalue weighted by Gasteiger charge is -2.14. The molecule has 0 aliphatic heterocycles. The van der Waals surface area contributed by atoms with Gasteiger partial charge in [0.05, 0.1) is 26.9 Å². The molecule has 1 aromatic rings. The van der Waals surface area contributed by atoms with E-state index in [9.17, 15) is 5.11 Å². The Bertz CT molecular complexity index is 343. The number of methoxy groups -OCH3 is 2. The highest BCUT2D eigenvalue weighted by Crippen LogP contribution is 2.29. The average Bonchev–Trinajstić information content (AvgIpc) is 2.38. The second kappa shape index (κ2) is 7.11. The summed E-state index contributed by atoms with van der Waals surface area (Å²) < 4.78 is 10.3. The van der Waals surface area contributed by atoms with Gasteiger partial charge in [0.25, 0.3) is 0 Å². The van der Waals surface area contributed by atoms with Crippen LogP contribution in [-0.4, -0.2) is 44.1 Å². The summed E-state index contributed by atoms with van der Waals surface area (Å²) in [4.78, 5) is 0. The highest BCUT2D eigenvalue weighted by molar-refractivity contribution is 5.43. The monoisotopic (exact) mass is 241 g/mol. The van der Waals surface area contributed by atoms with Crippen LogP contribution in [0.1, 0.15) is 11.7 Å². The van der Waals surface area contributed by atoms with E-state index >= 15 is 0 Å². The molecule has 1 aromatic carbocycles. The molecule has 0 bridgehead atoms. The molecule has 0 saturated carbocycles. The highest BCUT2D eigenvalue weighted by Gasteiger charge is 2.11. The predicted molar refractivity (Wildman–Crippen MR) is 64.5 cm³/mol. The van der Waals surface area contributed by atoms with Crippen LogP contribution in [0.15, 0.2) is 18.2 Å². The van der Waals surface area contributed by atoms with E-state index in [4.69, 9.17) is 14.6 Å². The van der Waals surface area contributed by atoms with E-state index < -0.39 is 6.10 Å². The third-order valence-corrected chi connectivity index (χ3v) is 2.42. The first-order chi connectivity index (χ1) is 8.22. The molecule has 0 amide bonds. The van der Waals surface area contributed by atoms with Crippen molar-refractivity contribution in [3.8, 4) is 11.5 Å². The van der Waals surface area contributed by atoms with Gasteiger partial charge in [-0.25, -0.2) is 0 Å². The third kappa shape index (κ3) is 3.89. The first-order valence-electron chi connectivity index (χ1n) is 5.44. The Balaban J connectivity index is 2.70. The van der Waals surface area contributed by atoms with Crippen molar-refractivity contribution in [3.63, 3.8) is 0 Å². The van der Waals surface area contributed by atoms with E-state index in [0.29, 0.717) is 24.6 Å². The quantitative estimate of drug-likeness (QED) is 0.600. The predicted octanol–water partition coefficient (Wildman–Crippen LogP) is 0.319. The number of aliphatic hydroxyl groups is 2. The zero-order valence-corrected chi connectivity index (χ0v) is 10.1. The van der Waals surface area contributed by atoms with Crippen molar-refractivity contribution in [2.24, 2.45) is 0 Å². The van der Waals surface area contributed by atoms with Crippen LogP contribution in [0.25, 0.3) is 0 Å². The molecule has 96 valence electrons. The molecular formula is C12H19NO4. The Labute approximate surface area is 101 Å². The van der Waals surface area contributed by atoms with Crippen LogP contribution in [0.2, 0.25) is 0 Å². The molecule has 0 aliphatic rings. The summed E-state index contributed by atoms with van der Waals surface area (Å²) in [6.45, 7) is 0.902. The summed E-state index contributed by atoms with van der Waals surface area (Å²) >= 11 is 0. The van der Waals surface area contributed by atoms with Crippen molar-refractivity contribution in [2.75, 3.05) is 33.9 Å². The number of nitrogens with one attached hydrogen (secondary N) is 1. The molecule has 0 heterocycles. The SMILES string of the molecule is COc1ccc(C(O)CNCCO)cc1OC. The molecular weight excluding hydrogens is 222 g/mol. The largest absolute Gasteiger partial charge is 0.493 e. The summed E-state index contributed by atoms with van der Waals surface area (Å²) in [5.41, 5.74) is 0.744. The van der Waals surface area contributed by atoms with Crippen LogP contribution in [0, 0.1) is 0 Å². The Kier molecular flexibility index (Phi) is 5.76. The molecule has 0 radical (unpaired) electrons. The number of aliphatic hydroxyl groups excluding tert-OH is 2. The molecule has 3 N–H and O–H groups in total. The third-order valence-electron chi connectivity index (χ3n) is 2.42. The maximum absolute atomic E-state index is 9.89. The second-order valence-corrected chi connectivity index (χ2v) is 3.56. The van der Waals surface area contributed by atoms with Gasteiger partial charge in [0, 0.05) is 13.1 Å². The standard InChI is InChI=1S/C12H19NO4/c1-16-11-4-3-9(7-12(11)17-2)10(15)8-13-5-6-14/h3-4,7,10,13-15H,5-6,8H2,1-2H3. The summed E-state index contributed by atoms with van der Waals surface area (Å²) in [7, 11) is 3.12. The molecule has 0 saturated heterocycles. The number of hydrogen-bond donors (Lipinski definition) is 3. The van der Waals surface area contributed by atoms with Crippen LogP contribution in [0.4, 0.5) is 0 Å². The molecule has 1 atom stereocenters. The lowest BCUT2D eigenvalue weighted by atomic mass is 10.1. The molecule has 0 fully saturated rings. The van der Waals surface area contributed by atoms with Gasteiger partial charge in [0.1, 0.15) is 0 Å². The van der Waals surface area contributed by atoms with Gasteiger partial charge in [0.2, 0.25) is 0 Å². The summed E-state index contributed by atoms with van der Waals surface area (Å²) in [6.07, 6.45) is -0.638. The molecule has 1 unspecified atom stereocenters. The van der Waals surface area contributed by atoms with Crippen molar-refractivity contribution in [1.29, 1.82) is 0 Å². The van der Waals surface area contributed by atoms with E-state index in [0.717, 1.165) is 5.56 Å². The van der Waals surface area contributed by atoms with Gasteiger partial charge in [-0.2, -0.15) is 0 Å². The van der Waals surface area contributed by atoms with Crippen molar-refractivity contribution in [1.82, 2.24) is 5.32 Å². The minimum absolute atomic E-state index is 0.0542. The van der Waals surface area contributed by atoms with Crippen LogP contribution >= 0.6 is 0 Å². The number of benzene rings is 1. The van der Waals surface area contributed by atoms with Gasteiger partial charge in [-0.05, 0) is 17.7 Å². The van der Waals surface area contributed by atoms with Gasteiger partial charge in [0.15, 0.2) is 11.5 Å². The first kappa shape index (κ1) is 13.8. The smallest absolute Gasteiger partial charge is 0.161 e. The van der Waals surface area contributed by atoms with Crippen molar-refractivity contribution in [2.45, 2.75) is 6.10 Å².